The number of esters is 1. The molecule has 0 saturated heterocycles. The van der Waals surface area contributed by atoms with Crippen LogP contribution in [-0.4, -0.2) is 5.97 Å². The van der Waals surface area contributed by atoms with Crippen molar-refractivity contribution in [1.29, 1.82) is 5.26 Å². The lowest BCUT2D eigenvalue weighted by molar-refractivity contribution is -0.148. The molecule has 26 heavy (non-hydrogen) atoms. The summed E-state index contributed by atoms with van der Waals surface area (Å²) in [5.74, 6) is -0.640. The summed E-state index contributed by atoms with van der Waals surface area (Å²) in [5.41, 5.74) is 0.427. The molecule has 3 aromatic carbocycles. The third-order valence-corrected chi connectivity index (χ3v) is 4.00. The summed E-state index contributed by atoms with van der Waals surface area (Å²) in [6, 6.07) is 29.6. The fourth-order valence-corrected chi connectivity index (χ4v) is 2.64. The van der Waals surface area contributed by atoms with Gasteiger partial charge in [0.1, 0.15) is 12.7 Å². The number of hydrogen-bond acceptors (Lipinski definition) is 4. The molecule has 0 aromatic heterocycles. The molecule has 128 valence electrons. The molecule has 0 aliphatic rings. The second-order valence-corrected chi connectivity index (χ2v) is 5.78. The molecule has 0 radical (unpaired) electrons. The number of ether oxygens (including phenoxy) is 1. The monoisotopic (exact) mass is 342 g/mol. The minimum atomic E-state index is -1.63. The lowest BCUT2D eigenvalue weighted by Crippen LogP contribution is -2.43. The smallest absolute Gasteiger partial charge is 0.351 e. The maximum Gasteiger partial charge on any atom is 0.351 e. The SMILES string of the molecule is N#CC(Nc1ccccc1)(C(=O)OCc1ccccc1)c1ccccc1. The normalized spacial score (nSPS) is 12.4. The molecule has 1 atom stereocenters. The maximum absolute atomic E-state index is 13.0. The number of nitrogens with zero attached hydrogens (tertiary/aromatic N) is 1. The Kier molecular flexibility index (Phi) is 5.31. The number of nitriles is 1. The molecule has 1 N–H and O–H groups in total. The first kappa shape index (κ1) is 17.2. The highest BCUT2D eigenvalue weighted by Crippen LogP contribution is 2.28. The number of benzene rings is 3. The molecule has 0 amide bonds. The molecule has 3 rings (SSSR count). The number of hydrogen-bond donors (Lipinski definition) is 1. The van der Waals surface area contributed by atoms with E-state index in [0.717, 1.165) is 5.56 Å². The Morgan fingerprint density at radius 1 is 0.885 bits per heavy atom. The van der Waals surface area contributed by atoms with Crippen molar-refractivity contribution in [1.82, 2.24) is 0 Å². The number of nitrogens with one attached hydrogen (secondary N) is 1. The predicted molar refractivity (Wildman–Crippen MR) is 100 cm³/mol. The van der Waals surface area contributed by atoms with Crippen molar-refractivity contribution < 1.29 is 9.53 Å². The summed E-state index contributed by atoms with van der Waals surface area (Å²) in [5, 5.41) is 13.0. The standard InChI is InChI=1S/C22H18N2O2/c23-17-22(19-12-6-2-7-13-19,24-20-14-8-3-9-15-20)21(25)26-16-18-10-4-1-5-11-18/h1-15,24H,16H2. The molecule has 1 unspecified atom stereocenters. The van der Waals surface area contributed by atoms with E-state index in [-0.39, 0.29) is 6.61 Å². The molecule has 0 heterocycles. The summed E-state index contributed by atoms with van der Waals surface area (Å²) < 4.78 is 5.49. The van der Waals surface area contributed by atoms with Crippen LogP contribution in [0.1, 0.15) is 11.1 Å². The molecule has 4 nitrogen and oxygen atoms in total. The van der Waals surface area contributed by atoms with Crippen molar-refractivity contribution in [3.63, 3.8) is 0 Å². The molecule has 0 aliphatic heterocycles. The predicted octanol–water partition coefficient (Wildman–Crippen LogP) is 4.26. The quantitative estimate of drug-likeness (QED) is 0.680. The van der Waals surface area contributed by atoms with E-state index in [2.05, 4.69) is 11.4 Å². The van der Waals surface area contributed by atoms with Gasteiger partial charge in [-0.15, -0.1) is 0 Å². The first-order valence-corrected chi connectivity index (χ1v) is 8.26. The van der Waals surface area contributed by atoms with Crippen molar-refractivity contribution in [3.8, 4) is 6.07 Å². The largest absolute Gasteiger partial charge is 0.458 e. The van der Waals surface area contributed by atoms with Crippen LogP contribution in [0.5, 0.6) is 0 Å². The van der Waals surface area contributed by atoms with Crippen LogP contribution in [-0.2, 0) is 21.7 Å². The van der Waals surface area contributed by atoms with Gasteiger partial charge in [-0.05, 0) is 17.7 Å². The summed E-state index contributed by atoms with van der Waals surface area (Å²) in [7, 11) is 0. The number of para-hydroxylation sites is 1. The van der Waals surface area contributed by atoms with Gasteiger partial charge >= 0.3 is 5.97 Å². The minimum absolute atomic E-state index is 0.104. The van der Waals surface area contributed by atoms with Crippen LogP contribution in [0.3, 0.4) is 0 Å². The highest BCUT2D eigenvalue weighted by molar-refractivity contribution is 5.89. The van der Waals surface area contributed by atoms with Crippen molar-refractivity contribution in [2.75, 3.05) is 5.32 Å². The van der Waals surface area contributed by atoms with Gasteiger partial charge in [0.25, 0.3) is 0 Å². The van der Waals surface area contributed by atoms with Gasteiger partial charge < -0.3 is 10.1 Å². The number of carbonyl (C=O) groups excluding carboxylic acids is 1. The van der Waals surface area contributed by atoms with Crippen LogP contribution in [0, 0.1) is 11.3 Å². The number of rotatable bonds is 6. The summed E-state index contributed by atoms with van der Waals surface area (Å²) in [6.07, 6.45) is 0. The van der Waals surface area contributed by atoms with Crippen LogP contribution < -0.4 is 5.32 Å². The zero-order valence-electron chi connectivity index (χ0n) is 14.1. The van der Waals surface area contributed by atoms with Crippen molar-refractivity contribution in [2.24, 2.45) is 0 Å². The summed E-state index contributed by atoms with van der Waals surface area (Å²) >= 11 is 0. The fraction of sp³-hybridized carbons (Fsp3) is 0.0909. The highest BCUT2D eigenvalue weighted by atomic mass is 16.5. The molecule has 0 aliphatic carbocycles. The van der Waals surface area contributed by atoms with Crippen molar-refractivity contribution >= 4 is 11.7 Å². The van der Waals surface area contributed by atoms with Gasteiger partial charge in [0.15, 0.2) is 0 Å². The van der Waals surface area contributed by atoms with E-state index in [1.165, 1.54) is 0 Å². The molecule has 3 aromatic rings. The Morgan fingerprint density at radius 2 is 1.42 bits per heavy atom. The second kappa shape index (κ2) is 8.00. The third-order valence-electron chi connectivity index (χ3n) is 4.00. The third kappa shape index (κ3) is 3.73. The molecule has 0 saturated carbocycles. The van der Waals surface area contributed by atoms with E-state index in [9.17, 15) is 10.1 Å². The number of carbonyl (C=O) groups is 1. The van der Waals surface area contributed by atoms with Crippen LogP contribution in [0.15, 0.2) is 91.0 Å². The van der Waals surface area contributed by atoms with Gasteiger partial charge in [0, 0.05) is 11.3 Å². The highest BCUT2D eigenvalue weighted by Gasteiger charge is 2.42. The average molecular weight is 342 g/mol. The topological polar surface area (TPSA) is 62.1 Å². The molecule has 0 spiro atoms. The van der Waals surface area contributed by atoms with Crippen LogP contribution >= 0.6 is 0 Å². The molecular weight excluding hydrogens is 324 g/mol. The van der Waals surface area contributed by atoms with Gasteiger partial charge in [-0.2, -0.15) is 5.26 Å². The van der Waals surface area contributed by atoms with Gasteiger partial charge in [-0.1, -0.05) is 78.9 Å². The van der Waals surface area contributed by atoms with Crippen LogP contribution in [0.25, 0.3) is 0 Å². The van der Waals surface area contributed by atoms with Gasteiger partial charge in [-0.3, -0.25) is 0 Å². The maximum atomic E-state index is 13.0. The van der Waals surface area contributed by atoms with Crippen molar-refractivity contribution in [3.05, 3.63) is 102 Å². The lowest BCUT2D eigenvalue weighted by Gasteiger charge is -2.27. The zero-order valence-corrected chi connectivity index (χ0v) is 14.1. The van der Waals surface area contributed by atoms with Crippen LogP contribution in [0.4, 0.5) is 5.69 Å². The Hall–Kier alpha value is -3.58. The minimum Gasteiger partial charge on any atom is -0.458 e. The second-order valence-electron chi connectivity index (χ2n) is 5.78. The first-order chi connectivity index (χ1) is 12.7. The molecule has 0 bridgehead atoms. The Bertz CT molecular complexity index is 890. The molecular formula is C22H18N2O2. The van der Waals surface area contributed by atoms with Gasteiger partial charge in [0.2, 0.25) is 5.54 Å². The van der Waals surface area contributed by atoms with E-state index in [1.807, 2.05) is 54.6 Å². The van der Waals surface area contributed by atoms with E-state index in [4.69, 9.17) is 4.74 Å². The molecule has 0 fully saturated rings. The fourth-order valence-electron chi connectivity index (χ4n) is 2.64. The van der Waals surface area contributed by atoms with Gasteiger partial charge in [0.05, 0.1) is 0 Å². The Balaban J connectivity index is 1.91. The number of anilines is 1. The van der Waals surface area contributed by atoms with Crippen molar-refractivity contribution in [2.45, 2.75) is 12.1 Å². The lowest BCUT2D eigenvalue weighted by atomic mass is 9.91. The first-order valence-electron chi connectivity index (χ1n) is 8.26. The Labute approximate surface area is 152 Å². The van der Waals surface area contributed by atoms with E-state index >= 15 is 0 Å². The van der Waals surface area contributed by atoms with E-state index in [1.54, 1.807) is 36.4 Å². The summed E-state index contributed by atoms with van der Waals surface area (Å²) in [6.45, 7) is 0.104. The van der Waals surface area contributed by atoms with E-state index in [0.29, 0.717) is 11.3 Å². The Morgan fingerprint density at radius 3 is 2.00 bits per heavy atom. The van der Waals surface area contributed by atoms with E-state index < -0.39 is 11.5 Å². The summed E-state index contributed by atoms with van der Waals surface area (Å²) in [4.78, 5) is 13.0. The zero-order chi connectivity index (χ0) is 18.2. The average Bonchev–Trinajstić information content (AvgIpc) is 2.72. The van der Waals surface area contributed by atoms with Crippen LogP contribution in [0.2, 0.25) is 0 Å². The van der Waals surface area contributed by atoms with Gasteiger partial charge in [-0.25, -0.2) is 4.79 Å². The molecule has 4 heteroatoms.